The molecule has 1 atom stereocenters. The van der Waals surface area contributed by atoms with Gasteiger partial charge in [0.1, 0.15) is 5.78 Å². The summed E-state index contributed by atoms with van der Waals surface area (Å²) in [6.07, 6.45) is 3.90. The molecular weight excluding hydrogens is 148 g/mol. The van der Waals surface area contributed by atoms with Gasteiger partial charge in [-0.1, -0.05) is 34.1 Å². The number of ketones is 1. The maximum atomic E-state index is 11.5. The number of Topliss-reactive ketones (excluding diaryl/α,β-unsaturated/α-hetero) is 1. The maximum absolute atomic E-state index is 11.5. The minimum atomic E-state index is 0.236. The standard InChI is InChI=1S/C11H20O/c1-5-11(4)7-9(12)6-10(2,3)8-11/h5-8H2,1-4H3/t11-/m0/s1. The summed E-state index contributed by atoms with van der Waals surface area (Å²) in [5.74, 6) is 0.454. The molecule has 0 aromatic rings. The molecule has 0 aromatic carbocycles. The Bertz CT molecular complexity index is 193. The highest BCUT2D eigenvalue weighted by Gasteiger charge is 2.39. The number of hydrogen-bond donors (Lipinski definition) is 0. The predicted molar refractivity (Wildman–Crippen MR) is 51.0 cm³/mol. The van der Waals surface area contributed by atoms with Gasteiger partial charge in [0.25, 0.3) is 0 Å². The molecule has 0 bridgehead atoms. The second kappa shape index (κ2) is 2.86. The highest BCUT2D eigenvalue weighted by Crippen LogP contribution is 2.45. The average molecular weight is 168 g/mol. The zero-order valence-electron chi connectivity index (χ0n) is 8.74. The van der Waals surface area contributed by atoms with Crippen molar-refractivity contribution in [2.75, 3.05) is 0 Å². The van der Waals surface area contributed by atoms with Gasteiger partial charge in [-0.25, -0.2) is 0 Å². The van der Waals surface area contributed by atoms with Crippen molar-refractivity contribution in [1.82, 2.24) is 0 Å². The second-order valence-corrected chi connectivity index (χ2v) is 5.40. The molecule has 70 valence electrons. The van der Waals surface area contributed by atoms with Crippen molar-refractivity contribution in [2.24, 2.45) is 10.8 Å². The lowest BCUT2D eigenvalue weighted by Crippen LogP contribution is -2.35. The first-order chi connectivity index (χ1) is 5.37. The van der Waals surface area contributed by atoms with Crippen LogP contribution in [0.2, 0.25) is 0 Å². The van der Waals surface area contributed by atoms with Gasteiger partial charge in [0.15, 0.2) is 0 Å². The highest BCUT2D eigenvalue weighted by atomic mass is 16.1. The van der Waals surface area contributed by atoms with E-state index in [1.165, 1.54) is 6.42 Å². The summed E-state index contributed by atoms with van der Waals surface area (Å²) in [6, 6.07) is 0. The van der Waals surface area contributed by atoms with Crippen molar-refractivity contribution in [3.8, 4) is 0 Å². The average Bonchev–Trinajstić information content (AvgIpc) is 1.82. The van der Waals surface area contributed by atoms with E-state index >= 15 is 0 Å². The Hall–Kier alpha value is -0.330. The third-order valence-electron chi connectivity index (χ3n) is 3.06. The van der Waals surface area contributed by atoms with E-state index in [1.807, 2.05) is 0 Å². The smallest absolute Gasteiger partial charge is 0.133 e. The van der Waals surface area contributed by atoms with E-state index in [-0.39, 0.29) is 10.8 Å². The van der Waals surface area contributed by atoms with Gasteiger partial charge in [-0.15, -0.1) is 0 Å². The molecule has 12 heavy (non-hydrogen) atoms. The van der Waals surface area contributed by atoms with Crippen molar-refractivity contribution in [2.45, 2.75) is 53.4 Å². The summed E-state index contributed by atoms with van der Waals surface area (Å²) in [6.45, 7) is 8.84. The Kier molecular flexibility index (Phi) is 2.33. The number of hydrogen-bond acceptors (Lipinski definition) is 1. The van der Waals surface area contributed by atoms with E-state index in [1.54, 1.807) is 0 Å². The predicted octanol–water partition coefficient (Wildman–Crippen LogP) is 3.18. The van der Waals surface area contributed by atoms with E-state index in [4.69, 9.17) is 0 Å². The van der Waals surface area contributed by atoms with Crippen molar-refractivity contribution < 1.29 is 4.79 Å². The molecule has 0 N–H and O–H groups in total. The monoisotopic (exact) mass is 168 g/mol. The number of carbonyl (C=O) groups is 1. The minimum absolute atomic E-state index is 0.236. The molecule has 1 heteroatoms. The lowest BCUT2D eigenvalue weighted by Gasteiger charge is -2.41. The van der Waals surface area contributed by atoms with Gasteiger partial charge in [0.2, 0.25) is 0 Å². The Labute approximate surface area is 75.5 Å². The van der Waals surface area contributed by atoms with E-state index in [2.05, 4.69) is 27.7 Å². The van der Waals surface area contributed by atoms with Crippen LogP contribution in [0.3, 0.4) is 0 Å². The van der Waals surface area contributed by atoms with E-state index in [0.717, 1.165) is 19.3 Å². The Morgan fingerprint density at radius 3 is 2.25 bits per heavy atom. The fourth-order valence-corrected chi connectivity index (χ4v) is 2.60. The lowest BCUT2D eigenvalue weighted by molar-refractivity contribution is -0.127. The zero-order valence-corrected chi connectivity index (χ0v) is 8.74. The second-order valence-electron chi connectivity index (χ2n) is 5.40. The van der Waals surface area contributed by atoms with Crippen LogP contribution in [0.15, 0.2) is 0 Å². The summed E-state index contributed by atoms with van der Waals surface area (Å²) in [4.78, 5) is 11.5. The number of rotatable bonds is 1. The first-order valence-corrected chi connectivity index (χ1v) is 4.89. The van der Waals surface area contributed by atoms with Gasteiger partial charge in [-0.05, 0) is 17.3 Å². The lowest BCUT2D eigenvalue weighted by atomic mass is 9.63. The molecule has 1 saturated carbocycles. The molecule has 0 amide bonds. The molecule has 1 aliphatic rings. The minimum Gasteiger partial charge on any atom is -0.300 e. The third-order valence-corrected chi connectivity index (χ3v) is 3.06. The van der Waals surface area contributed by atoms with Crippen molar-refractivity contribution in [3.63, 3.8) is 0 Å². The van der Waals surface area contributed by atoms with Gasteiger partial charge < -0.3 is 0 Å². The van der Waals surface area contributed by atoms with Gasteiger partial charge >= 0.3 is 0 Å². The molecule has 0 aliphatic heterocycles. The SMILES string of the molecule is CC[C@@]1(C)CC(=O)CC(C)(C)C1. The largest absolute Gasteiger partial charge is 0.300 e. The molecule has 0 spiro atoms. The molecule has 0 aromatic heterocycles. The molecule has 0 heterocycles. The van der Waals surface area contributed by atoms with E-state index in [0.29, 0.717) is 5.78 Å². The summed E-state index contributed by atoms with van der Waals surface area (Å²) >= 11 is 0. The van der Waals surface area contributed by atoms with Gasteiger partial charge in [0.05, 0.1) is 0 Å². The van der Waals surface area contributed by atoms with Crippen molar-refractivity contribution in [1.29, 1.82) is 0 Å². The molecule has 1 fully saturated rings. The van der Waals surface area contributed by atoms with Crippen LogP contribution in [-0.2, 0) is 4.79 Å². The Morgan fingerprint density at radius 1 is 1.25 bits per heavy atom. The van der Waals surface area contributed by atoms with Crippen molar-refractivity contribution in [3.05, 3.63) is 0 Å². The highest BCUT2D eigenvalue weighted by molar-refractivity contribution is 5.80. The summed E-state index contributed by atoms with van der Waals surface area (Å²) in [5.41, 5.74) is 0.513. The van der Waals surface area contributed by atoms with Crippen molar-refractivity contribution >= 4 is 5.78 Å². The Balaban J connectivity index is 2.76. The van der Waals surface area contributed by atoms with Crippen LogP contribution < -0.4 is 0 Å². The molecule has 1 rings (SSSR count). The summed E-state index contributed by atoms with van der Waals surface area (Å²) < 4.78 is 0. The van der Waals surface area contributed by atoms with E-state index in [9.17, 15) is 4.79 Å². The fraction of sp³-hybridized carbons (Fsp3) is 0.909. The topological polar surface area (TPSA) is 17.1 Å². The van der Waals surface area contributed by atoms with Crippen LogP contribution in [0.4, 0.5) is 0 Å². The Morgan fingerprint density at radius 2 is 1.83 bits per heavy atom. The quantitative estimate of drug-likeness (QED) is 0.587. The zero-order chi connectivity index (χ0) is 9.41. The van der Waals surface area contributed by atoms with Crippen LogP contribution >= 0.6 is 0 Å². The normalized spacial score (nSPS) is 35.2. The molecule has 1 aliphatic carbocycles. The van der Waals surface area contributed by atoms with E-state index < -0.39 is 0 Å². The van der Waals surface area contributed by atoms with Crippen LogP contribution in [0.5, 0.6) is 0 Å². The third kappa shape index (κ3) is 2.09. The van der Waals surface area contributed by atoms with Crippen LogP contribution in [0.1, 0.15) is 53.4 Å². The van der Waals surface area contributed by atoms with Crippen LogP contribution in [-0.4, -0.2) is 5.78 Å². The van der Waals surface area contributed by atoms with Gasteiger partial charge in [0, 0.05) is 12.8 Å². The molecule has 1 nitrogen and oxygen atoms in total. The fourth-order valence-electron chi connectivity index (χ4n) is 2.60. The number of carbonyl (C=O) groups excluding carboxylic acids is 1. The maximum Gasteiger partial charge on any atom is 0.133 e. The first kappa shape index (κ1) is 9.76. The van der Waals surface area contributed by atoms with Gasteiger partial charge in [-0.3, -0.25) is 4.79 Å². The molecule has 0 unspecified atom stereocenters. The molecule has 0 saturated heterocycles. The first-order valence-electron chi connectivity index (χ1n) is 4.89. The molecular formula is C11H20O. The van der Waals surface area contributed by atoms with Gasteiger partial charge in [-0.2, -0.15) is 0 Å². The summed E-state index contributed by atoms with van der Waals surface area (Å²) in [5, 5.41) is 0. The molecule has 0 radical (unpaired) electrons. The van der Waals surface area contributed by atoms with Crippen LogP contribution in [0.25, 0.3) is 0 Å². The van der Waals surface area contributed by atoms with Crippen LogP contribution in [0, 0.1) is 10.8 Å². The summed E-state index contributed by atoms with van der Waals surface area (Å²) in [7, 11) is 0.